The van der Waals surface area contributed by atoms with E-state index in [1.54, 1.807) is 12.4 Å². The normalized spacial score (nSPS) is 14.5. The summed E-state index contributed by atoms with van der Waals surface area (Å²) >= 11 is 0. The molecule has 0 radical (unpaired) electrons. The summed E-state index contributed by atoms with van der Waals surface area (Å²) in [5.41, 5.74) is 12.0. The number of rotatable bonds is 6. The van der Waals surface area contributed by atoms with Gasteiger partial charge in [0, 0.05) is 64.1 Å². The van der Waals surface area contributed by atoms with Crippen molar-refractivity contribution < 1.29 is 0 Å². The molecule has 0 aliphatic carbocycles. The van der Waals surface area contributed by atoms with Gasteiger partial charge in [-0.25, -0.2) is 9.97 Å². The van der Waals surface area contributed by atoms with Crippen LogP contribution in [0.5, 0.6) is 0 Å². The van der Waals surface area contributed by atoms with Gasteiger partial charge in [0.15, 0.2) is 0 Å². The fourth-order valence-corrected chi connectivity index (χ4v) is 5.65. The van der Waals surface area contributed by atoms with Crippen molar-refractivity contribution in [3.8, 4) is 44.9 Å². The molecule has 5 heteroatoms. The van der Waals surface area contributed by atoms with Gasteiger partial charge in [0.25, 0.3) is 0 Å². The van der Waals surface area contributed by atoms with Crippen LogP contribution < -0.4 is 0 Å². The van der Waals surface area contributed by atoms with Crippen molar-refractivity contribution in [2.45, 2.75) is 19.8 Å². The highest BCUT2D eigenvalue weighted by Gasteiger charge is 2.28. The second kappa shape index (κ2) is 11.4. The Morgan fingerprint density at radius 3 is 2.05 bits per heavy atom. The van der Waals surface area contributed by atoms with Crippen molar-refractivity contribution in [1.82, 2.24) is 19.9 Å². The zero-order chi connectivity index (χ0) is 29.2. The number of nitrogens with zero attached hydrogens (tertiary/aromatic N) is 5. The van der Waals surface area contributed by atoms with E-state index in [0.717, 1.165) is 72.8 Å². The highest BCUT2D eigenvalue weighted by Crippen LogP contribution is 2.46. The lowest BCUT2D eigenvalue weighted by Crippen LogP contribution is -2.03. The molecular weight excluding hydrogens is 526 g/mol. The van der Waals surface area contributed by atoms with E-state index in [1.807, 2.05) is 61.8 Å². The lowest BCUT2D eigenvalue weighted by atomic mass is 9.90. The van der Waals surface area contributed by atoms with Gasteiger partial charge >= 0.3 is 0 Å². The summed E-state index contributed by atoms with van der Waals surface area (Å²) in [5.74, 6) is 0.113. The first-order valence-electron chi connectivity index (χ1n) is 14.4. The molecule has 0 saturated heterocycles. The summed E-state index contributed by atoms with van der Waals surface area (Å²) in [4.78, 5) is 24.0. The number of hydrogen-bond acceptors (Lipinski definition) is 5. The van der Waals surface area contributed by atoms with Crippen molar-refractivity contribution in [1.29, 1.82) is 0 Å². The van der Waals surface area contributed by atoms with E-state index in [9.17, 15) is 0 Å². The zero-order valence-electron chi connectivity index (χ0n) is 24.0. The molecule has 1 atom stereocenters. The Bertz CT molecular complexity index is 1990. The molecule has 6 aromatic rings. The molecule has 0 spiro atoms. The third-order valence-electron chi connectivity index (χ3n) is 7.80. The predicted octanol–water partition coefficient (Wildman–Crippen LogP) is 9.41. The zero-order valence-corrected chi connectivity index (χ0v) is 24.0. The monoisotopic (exact) mass is 555 g/mol. The molecule has 1 aliphatic heterocycles. The highest BCUT2D eigenvalue weighted by atomic mass is 14.8. The lowest BCUT2D eigenvalue weighted by Gasteiger charge is -2.15. The Morgan fingerprint density at radius 1 is 0.651 bits per heavy atom. The molecular formula is C38H29N5. The van der Waals surface area contributed by atoms with Crippen LogP contribution in [0.15, 0.2) is 139 Å². The number of benzene rings is 2. The Labute approximate surface area is 251 Å². The summed E-state index contributed by atoms with van der Waals surface area (Å²) in [7, 11) is 0. The molecule has 0 saturated carbocycles. The Morgan fingerprint density at radius 2 is 1.35 bits per heavy atom. The number of pyridine rings is 4. The maximum Gasteiger partial charge on any atom is 0.0787 e. The van der Waals surface area contributed by atoms with Gasteiger partial charge in [-0.05, 0) is 72.7 Å². The number of aliphatic imine (C=N–C) groups is 1. The maximum absolute atomic E-state index is 5.22. The van der Waals surface area contributed by atoms with Crippen molar-refractivity contribution in [2.75, 3.05) is 0 Å². The minimum Gasteiger partial charge on any atom is -0.264 e. The molecule has 7 rings (SSSR count). The first-order valence-corrected chi connectivity index (χ1v) is 14.4. The fraction of sp³-hybridized carbons (Fsp3) is 0.0789. The molecule has 4 aromatic heterocycles. The summed E-state index contributed by atoms with van der Waals surface area (Å²) in [6, 6.07) is 29.1. The maximum atomic E-state index is 5.22. The van der Waals surface area contributed by atoms with E-state index in [4.69, 9.17) is 15.0 Å². The van der Waals surface area contributed by atoms with Crippen LogP contribution in [-0.2, 0) is 0 Å². The van der Waals surface area contributed by atoms with Crippen molar-refractivity contribution >= 4 is 22.3 Å². The van der Waals surface area contributed by atoms with Crippen LogP contribution in [0.4, 0.5) is 5.69 Å². The van der Waals surface area contributed by atoms with E-state index in [1.165, 1.54) is 0 Å². The number of para-hydroxylation sites is 1. The third kappa shape index (κ3) is 5.06. The van der Waals surface area contributed by atoms with E-state index in [2.05, 4.69) is 83.6 Å². The van der Waals surface area contributed by atoms with Crippen molar-refractivity contribution in [3.05, 3.63) is 140 Å². The van der Waals surface area contributed by atoms with Crippen molar-refractivity contribution in [2.24, 2.45) is 4.99 Å². The van der Waals surface area contributed by atoms with E-state index in [-0.39, 0.29) is 5.92 Å². The molecule has 0 bridgehead atoms. The molecule has 2 aromatic carbocycles. The number of fused-ring (bicyclic) bond motifs is 3. The molecule has 206 valence electrons. The van der Waals surface area contributed by atoms with Gasteiger partial charge in [-0.1, -0.05) is 61.5 Å². The molecule has 5 nitrogen and oxygen atoms in total. The van der Waals surface area contributed by atoms with Gasteiger partial charge in [0.1, 0.15) is 0 Å². The fourth-order valence-electron chi connectivity index (χ4n) is 5.65. The summed E-state index contributed by atoms with van der Waals surface area (Å²) in [6.07, 6.45) is 15.5. The molecule has 43 heavy (non-hydrogen) atoms. The van der Waals surface area contributed by atoms with Crippen LogP contribution in [-0.4, -0.2) is 25.6 Å². The third-order valence-corrected chi connectivity index (χ3v) is 7.80. The quantitative estimate of drug-likeness (QED) is 0.192. The van der Waals surface area contributed by atoms with Gasteiger partial charge in [-0.3, -0.25) is 15.0 Å². The largest absolute Gasteiger partial charge is 0.264 e. The molecule has 0 fully saturated rings. The first kappa shape index (κ1) is 26.4. The van der Waals surface area contributed by atoms with Gasteiger partial charge in [0.2, 0.25) is 0 Å². The Balaban J connectivity index is 1.38. The Hall–Kier alpha value is -5.55. The average Bonchev–Trinajstić information content (AvgIpc) is 3.41. The van der Waals surface area contributed by atoms with Gasteiger partial charge < -0.3 is 0 Å². The minimum absolute atomic E-state index is 0.113. The smallest absolute Gasteiger partial charge is 0.0787 e. The van der Waals surface area contributed by atoms with E-state index in [0.29, 0.717) is 0 Å². The Kier molecular flexibility index (Phi) is 6.97. The van der Waals surface area contributed by atoms with E-state index < -0.39 is 0 Å². The van der Waals surface area contributed by atoms with Crippen LogP contribution >= 0.6 is 0 Å². The second-order valence-corrected chi connectivity index (χ2v) is 10.6. The van der Waals surface area contributed by atoms with Gasteiger partial charge in [-0.15, -0.1) is 0 Å². The number of hydrogen-bond donors (Lipinski definition) is 0. The minimum atomic E-state index is 0.113. The highest BCUT2D eigenvalue weighted by molar-refractivity contribution is 6.11. The van der Waals surface area contributed by atoms with Crippen LogP contribution in [0, 0.1) is 0 Å². The first-order chi connectivity index (χ1) is 21.2. The SMILES string of the molecule is C/C=C\C=C/C1=Nc2c(c(-c3cccc(-c4cc(-c5cccnc5)nc(-c5cccnc5)c4)c3)nc3ccccc23)[C@@H]1C. The lowest BCUT2D eigenvalue weighted by molar-refractivity contribution is 1.05. The summed E-state index contributed by atoms with van der Waals surface area (Å²) < 4.78 is 0. The van der Waals surface area contributed by atoms with Crippen LogP contribution in [0.3, 0.4) is 0 Å². The molecule has 5 heterocycles. The van der Waals surface area contributed by atoms with E-state index >= 15 is 0 Å². The molecule has 0 unspecified atom stereocenters. The topological polar surface area (TPSA) is 63.9 Å². The van der Waals surface area contributed by atoms with Gasteiger partial charge in [0.05, 0.1) is 28.3 Å². The number of aromatic nitrogens is 4. The standard InChI is InChI=1S/C38H29N5/c1-3-4-5-16-32-25(2)36-37(43-33-17-7-6-15-31(33)38(36)42-32)27-12-8-11-26(20-27)30-21-34(28-13-9-18-39-23-28)41-35(22-30)29-14-10-19-40-24-29/h3-25H,1-2H3/b4-3-,16-5-/t25-/m1/s1. The molecule has 0 amide bonds. The summed E-state index contributed by atoms with van der Waals surface area (Å²) in [5, 5.41) is 1.08. The average molecular weight is 556 g/mol. The number of allylic oxidation sites excluding steroid dienone is 4. The van der Waals surface area contributed by atoms with Crippen molar-refractivity contribution in [3.63, 3.8) is 0 Å². The van der Waals surface area contributed by atoms with Crippen LogP contribution in [0.2, 0.25) is 0 Å². The molecule has 1 aliphatic rings. The predicted molar refractivity (Wildman–Crippen MR) is 176 cm³/mol. The molecule has 0 N–H and O–H groups in total. The van der Waals surface area contributed by atoms with Crippen LogP contribution in [0.25, 0.3) is 55.8 Å². The van der Waals surface area contributed by atoms with Gasteiger partial charge in [-0.2, -0.15) is 0 Å². The van der Waals surface area contributed by atoms with Crippen LogP contribution in [0.1, 0.15) is 25.3 Å². The summed E-state index contributed by atoms with van der Waals surface area (Å²) in [6.45, 7) is 4.24. The second-order valence-electron chi connectivity index (χ2n) is 10.6.